The number of para-hydroxylation sites is 2. The maximum Gasteiger partial charge on any atom is 0.101 e. The van der Waals surface area contributed by atoms with E-state index in [0.717, 1.165) is 16.9 Å². The van der Waals surface area contributed by atoms with Gasteiger partial charge in [-0.25, -0.2) is 0 Å². The van der Waals surface area contributed by atoms with E-state index in [9.17, 15) is 0 Å². The van der Waals surface area contributed by atoms with Gasteiger partial charge in [0, 0.05) is 22.9 Å². The summed E-state index contributed by atoms with van der Waals surface area (Å²) in [6.45, 7) is 4.58. The highest BCUT2D eigenvalue weighted by Crippen LogP contribution is 2.51. The van der Waals surface area contributed by atoms with E-state index in [1.54, 1.807) is 6.20 Å². The monoisotopic (exact) mass is 387 g/mol. The molecule has 1 aromatic heterocycles. The number of anilines is 3. The summed E-state index contributed by atoms with van der Waals surface area (Å²) in [5.74, 6) is 0. The molecule has 4 aromatic rings. The molecule has 0 aliphatic carbocycles. The maximum atomic E-state index is 9.04. The van der Waals surface area contributed by atoms with Crippen molar-refractivity contribution in [1.82, 2.24) is 4.98 Å². The molecule has 0 atom stereocenters. The van der Waals surface area contributed by atoms with Crippen LogP contribution in [0, 0.1) is 11.3 Å². The van der Waals surface area contributed by atoms with E-state index in [-0.39, 0.29) is 5.41 Å². The molecule has 0 bridgehead atoms. The molecule has 0 fully saturated rings. The fraction of sp³-hybridized carbons (Fsp3) is 0.111. The minimum absolute atomic E-state index is 0.0734. The number of rotatable bonds is 2. The van der Waals surface area contributed by atoms with Crippen LogP contribution in [0.4, 0.5) is 17.1 Å². The van der Waals surface area contributed by atoms with Crippen molar-refractivity contribution in [2.45, 2.75) is 19.3 Å². The van der Waals surface area contributed by atoms with Gasteiger partial charge in [0.15, 0.2) is 0 Å². The number of fused-ring (bicyclic) bond motifs is 2. The van der Waals surface area contributed by atoms with Crippen molar-refractivity contribution in [2.24, 2.45) is 0 Å². The fourth-order valence-corrected chi connectivity index (χ4v) is 4.38. The smallest absolute Gasteiger partial charge is 0.101 e. The van der Waals surface area contributed by atoms with Gasteiger partial charge < -0.3 is 4.90 Å². The van der Waals surface area contributed by atoms with Crippen molar-refractivity contribution >= 4 is 17.1 Å². The van der Waals surface area contributed by atoms with Crippen LogP contribution in [-0.4, -0.2) is 4.98 Å². The second-order valence-corrected chi connectivity index (χ2v) is 8.09. The molecule has 0 saturated heterocycles. The van der Waals surface area contributed by atoms with E-state index in [1.165, 1.54) is 22.5 Å². The molecular formula is C27H21N3. The highest BCUT2D eigenvalue weighted by molar-refractivity contribution is 5.87. The zero-order valence-electron chi connectivity index (χ0n) is 17.0. The third-order valence-corrected chi connectivity index (χ3v) is 5.93. The third kappa shape index (κ3) is 2.77. The number of nitrogens with zero attached hydrogens (tertiary/aromatic N) is 3. The van der Waals surface area contributed by atoms with Crippen LogP contribution in [0.1, 0.15) is 30.5 Å². The minimum atomic E-state index is -0.0734. The standard InChI is InChI=1S/C27H21N3/c1-27(2)22-10-3-5-12-25(22)30(26-13-6-4-11-23(26)27)21-9-7-8-20(16-21)24-15-14-19(17-28)18-29-24/h3-16,18H,1-2H3. The Kier molecular flexibility index (Phi) is 4.15. The number of pyridine rings is 1. The Labute approximate surface area is 176 Å². The summed E-state index contributed by atoms with van der Waals surface area (Å²) in [4.78, 5) is 6.81. The molecule has 1 aliphatic heterocycles. The summed E-state index contributed by atoms with van der Waals surface area (Å²) in [5, 5.41) is 9.04. The lowest BCUT2D eigenvalue weighted by Crippen LogP contribution is -2.30. The first-order valence-electron chi connectivity index (χ1n) is 10.1. The molecule has 30 heavy (non-hydrogen) atoms. The second kappa shape index (κ2) is 6.86. The average molecular weight is 387 g/mol. The Balaban J connectivity index is 1.69. The van der Waals surface area contributed by atoms with Crippen LogP contribution in [0.25, 0.3) is 11.3 Å². The maximum absolute atomic E-state index is 9.04. The highest BCUT2D eigenvalue weighted by atomic mass is 15.2. The number of nitriles is 1. The van der Waals surface area contributed by atoms with Crippen molar-refractivity contribution in [3.63, 3.8) is 0 Å². The van der Waals surface area contributed by atoms with E-state index in [1.807, 2.05) is 12.1 Å². The predicted molar refractivity (Wildman–Crippen MR) is 121 cm³/mol. The van der Waals surface area contributed by atoms with E-state index < -0.39 is 0 Å². The molecule has 3 aromatic carbocycles. The Hall–Kier alpha value is -3.90. The van der Waals surface area contributed by atoms with E-state index in [0.29, 0.717) is 5.56 Å². The van der Waals surface area contributed by atoms with E-state index >= 15 is 0 Å². The lowest BCUT2D eigenvalue weighted by molar-refractivity contribution is 0.632. The van der Waals surface area contributed by atoms with Gasteiger partial charge in [0.25, 0.3) is 0 Å². The lowest BCUT2D eigenvalue weighted by atomic mass is 9.73. The predicted octanol–water partition coefficient (Wildman–Crippen LogP) is 6.73. The van der Waals surface area contributed by atoms with Gasteiger partial charge in [0.2, 0.25) is 0 Å². The summed E-state index contributed by atoms with van der Waals surface area (Å²) < 4.78 is 0. The van der Waals surface area contributed by atoms with Crippen molar-refractivity contribution < 1.29 is 0 Å². The van der Waals surface area contributed by atoms with Gasteiger partial charge in [-0.05, 0) is 47.5 Å². The first-order valence-corrected chi connectivity index (χ1v) is 10.1. The molecule has 0 radical (unpaired) electrons. The zero-order valence-corrected chi connectivity index (χ0v) is 17.0. The first-order chi connectivity index (χ1) is 14.6. The van der Waals surface area contributed by atoms with Gasteiger partial charge in [-0.1, -0.05) is 62.4 Å². The van der Waals surface area contributed by atoms with Crippen LogP contribution >= 0.6 is 0 Å². The van der Waals surface area contributed by atoms with Crippen LogP contribution in [-0.2, 0) is 5.41 Å². The van der Waals surface area contributed by atoms with Crippen molar-refractivity contribution in [1.29, 1.82) is 5.26 Å². The van der Waals surface area contributed by atoms with Crippen LogP contribution in [0.2, 0.25) is 0 Å². The molecule has 1 aliphatic rings. The van der Waals surface area contributed by atoms with Gasteiger partial charge in [-0.15, -0.1) is 0 Å². The molecule has 0 saturated carbocycles. The molecule has 144 valence electrons. The molecule has 0 N–H and O–H groups in total. The summed E-state index contributed by atoms with van der Waals surface area (Å²) in [5.41, 5.74) is 8.49. The summed E-state index contributed by atoms with van der Waals surface area (Å²) >= 11 is 0. The van der Waals surface area contributed by atoms with E-state index in [2.05, 4.69) is 103 Å². The Morgan fingerprint density at radius 3 is 2.07 bits per heavy atom. The number of aromatic nitrogens is 1. The number of benzene rings is 3. The van der Waals surface area contributed by atoms with Gasteiger partial charge in [0.1, 0.15) is 6.07 Å². The van der Waals surface area contributed by atoms with Gasteiger partial charge in [0.05, 0.1) is 22.6 Å². The highest BCUT2D eigenvalue weighted by Gasteiger charge is 2.36. The quantitative estimate of drug-likeness (QED) is 0.383. The van der Waals surface area contributed by atoms with Crippen LogP contribution in [0.3, 0.4) is 0 Å². The first kappa shape index (κ1) is 18.1. The van der Waals surface area contributed by atoms with Crippen LogP contribution < -0.4 is 4.90 Å². The molecular weight excluding hydrogens is 366 g/mol. The van der Waals surface area contributed by atoms with Crippen LogP contribution in [0.15, 0.2) is 91.1 Å². The third-order valence-electron chi connectivity index (χ3n) is 5.93. The topological polar surface area (TPSA) is 39.9 Å². The van der Waals surface area contributed by atoms with E-state index in [4.69, 9.17) is 5.26 Å². The van der Waals surface area contributed by atoms with Gasteiger partial charge in [-0.2, -0.15) is 5.26 Å². The summed E-state index contributed by atoms with van der Waals surface area (Å²) in [6, 6.07) is 31.5. The molecule has 3 nitrogen and oxygen atoms in total. The summed E-state index contributed by atoms with van der Waals surface area (Å²) in [7, 11) is 0. The minimum Gasteiger partial charge on any atom is -0.310 e. The molecule has 0 spiro atoms. The van der Waals surface area contributed by atoms with Crippen molar-refractivity contribution in [3.05, 3.63) is 108 Å². The van der Waals surface area contributed by atoms with Crippen LogP contribution in [0.5, 0.6) is 0 Å². The van der Waals surface area contributed by atoms with Crippen molar-refractivity contribution in [2.75, 3.05) is 4.90 Å². The van der Waals surface area contributed by atoms with Gasteiger partial charge in [-0.3, -0.25) is 4.98 Å². The van der Waals surface area contributed by atoms with Crippen molar-refractivity contribution in [3.8, 4) is 17.3 Å². The lowest BCUT2D eigenvalue weighted by Gasteiger charge is -2.42. The summed E-state index contributed by atoms with van der Waals surface area (Å²) in [6.07, 6.45) is 1.62. The SMILES string of the molecule is CC1(C)c2ccccc2N(c2cccc(-c3ccc(C#N)cn3)c2)c2ccccc21. The zero-order chi connectivity index (χ0) is 20.7. The fourth-order valence-electron chi connectivity index (χ4n) is 4.38. The average Bonchev–Trinajstić information content (AvgIpc) is 2.80. The van der Waals surface area contributed by atoms with Gasteiger partial charge >= 0.3 is 0 Å². The molecule has 0 amide bonds. The molecule has 0 unspecified atom stereocenters. The Bertz CT molecular complexity index is 1230. The normalized spacial score (nSPS) is 13.8. The largest absolute Gasteiger partial charge is 0.310 e. The Morgan fingerprint density at radius 1 is 0.800 bits per heavy atom. The molecule has 3 heteroatoms. The second-order valence-electron chi connectivity index (χ2n) is 8.09. The Morgan fingerprint density at radius 2 is 1.47 bits per heavy atom. The number of hydrogen-bond donors (Lipinski definition) is 0. The molecule has 2 heterocycles. The number of hydrogen-bond acceptors (Lipinski definition) is 3. The molecule has 5 rings (SSSR count).